The molecule has 1 amide bonds. The molecule has 0 spiro atoms. The molecule has 7 heteroatoms. The van der Waals surface area contributed by atoms with Gasteiger partial charge >= 0.3 is 0 Å². The number of rotatable bonds is 5. The van der Waals surface area contributed by atoms with E-state index < -0.39 is 15.6 Å². The molecule has 0 unspecified atom stereocenters. The van der Waals surface area contributed by atoms with Crippen LogP contribution in [0.1, 0.15) is 19.8 Å². The van der Waals surface area contributed by atoms with E-state index in [1.807, 2.05) is 0 Å². The number of carbonyl (C=O) groups excluding carboxylic acids is 1. The van der Waals surface area contributed by atoms with E-state index in [4.69, 9.17) is 5.73 Å². The van der Waals surface area contributed by atoms with Gasteiger partial charge in [-0.15, -0.1) is 0 Å². The van der Waals surface area contributed by atoms with Crippen LogP contribution in [0.4, 0.5) is 5.69 Å². The zero-order valence-electron chi connectivity index (χ0n) is 10.6. The maximum absolute atomic E-state index is 11.7. The molecular weight excluding hydrogens is 266 g/mol. The van der Waals surface area contributed by atoms with E-state index in [0.29, 0.717) is 25.1 Å². The Labute approximate surface area is 112 Å². The first-order chi connectivity index (χ1) is 8.87. The predicted molar refractivity (Wildman–Crippen MR) is 72.1 cm³/mol. The Hall–Kier alpha value is -1.44. The lowest BCUT2D eigenvalue weighted by Gasteiger charge is -2.10. The number of hydrogen-bond acceptors (Lipinski definition) is 4. The second kappa shape index (κ2) is 4.92. The number of amides is 1. The van der Waals surface area contributed by atoms with E-state index in [1.165, 1.54) is 12.1 Å². The summed E-state index contributed by atoms with van der Waals surface area (Å²) in [5.41, 5.74) is 5.56. The van der Waals surface area contributed by atoms with Gasteiger partial charge in [0.2, 0.25) is 15.9 Å². The molecule has 0 atom stereocenters. The first-order valence-electron chi connectivity index (χ1n) is 6.07. The molecule has 104 valence electrons. The zero-order chi connectivity index (χ0) is 14.1. The number of carbonyl (C=O) groups is 1. The van der Waals surface area contributed by atoms with E-state index in [0.717, 1.165) is 0 Å². The van der Waals surface area contributed by atoms with Gasteiger partial charge in [0.15, 0.2) is 0 Å². The fourth-order valence-corrected chi connectivity index (χ4v) is 2.65. The van der Waals surface area contributed by atoms with Crippen molar-refractivity contribution < 1.29 is 13.2 Å². The number of nitrogens with two attached hydrogens (primary N) is 1. The van der Waals surface area contributed by atoms with Crippen LogP contribution >= 0.6 is 0 Å². The Morgan fingerprint density at radius 3 is 2.37 bits per heavy atom. The molecule has 1 fully saturated rings. The van der Waals surface area contributed by atoms with Gasteiger partial charge < -0.3 is 11.1 Å². The Balaban J connectivity index is 2.08. The summed E-state index contributed by atoms with van der Waals surface area (Å²) < 4.78 is 25.8. The molecular formula is C12H17N3O3S. The third kappa shape index (κ3) is 3.12. The molecule has 0 radical (unpaired) electrons. The molecule has 19 heavy (non-hydrogen) atoms. The minimum absolute atomic E-state index is 0.168. The Bertz CT molecular complexity index is 577. The summed E-state index contributed by atoms with van der Waals surface area (Å²) in [5, 5.41) is 2.68. The van der Waals surface area contributed by atoms with Crippen molar-refractivity contribution in [1.29, 1.82) is 0 Å². The summed E-state index contributed by atoms with van der Waals surface area (Å²) in [6, 6.07) is 6.00. The van der Waals surface area contributed by atoms with Crippen molar-refractivity contribution in [3.63, 3.8) is 0 Å². The molecule has 0 heterocycles. The maximum atomic E-state index is 11.7. The SMILES string of the molecule is CCNS(=O)(=O)c1ccc(NC(=O)C2(N)CC2)cc1. The lowest BCUT2D eigenvalue weighted by atomic mass is 10.2. The van der Waals surface area contributed by atoms with Gasteiger partial charge in [-0.05, 0) is 37.1 Å². The van der Waals surface area contributed by atoms with Crippen molar-refractivity contribution in [3.05, 3.63) is 24.3 Å². The Morgan fingerprint density at radius 1 is 1.32 bits per heavy atom. The molecule has 1 aliphatic rings. The van der Waals surface area contributed by atoms with E-state index in [9.17, 15) is 13.2 Å². The normalized spacial score (nSPS) is 16.9. The van der Waals surface area contributed by atoms with E-state index in [1.54, 1.807) is 19.1 Å². The van der Waals surface area contributed by atoms with Crippen molar-refractivity contribution in [1.82, 2.24) is 4.72 Å². The van der Waals surface area contributed by atoms with Crippen LogP contribution < -0.4 is 15.8 Å². The maximum Gasteiger partial charge on any atom is 0.244 e. The second-order valence-corrected chi connectivity index (χ2v) is 6.40. The first kappa shape index (κ1) is 14.0. The summed E-state index contributed by atoms with van der Waals surface area (Å²) in [4.78, 5) is 11.9. The van der Waals surface area contributed by atoms with Gasteiger partial charge in [-0.3, -0.25) is 4.79 Å². The van der Waals surface area contributed by atoms with Crippen molar-refractivity contribution in [2.24, 2.45) is 5.73 Å². The summed E-state index contributed by atoms with van der Waals surface area (Å²) in [5.74, 6) is -0.227. The number of benzene rings is 1. The van der Waals surface area contributed by atoms with Gasteiger partial charge in [0.25, 0.3) is 0 Å². The molecule has 2 rings (SSSR count). The van der Waals surface area contributed by atoms with Gasteiger partial charge in [0.1, 0.15) is 0 Å². The van der Waals surface area contributed by atoms with Gasteiger partial charge in [0, 0.05) is 12.2 Å². The monoisotopic (exact) mass is 283 g/mol. The third-order valence-corrected chi connectivity index (χ3v) is 4.56. The highest BCUT2D eigenvalue weighted by Crippen LogP contribution is 2.33. The topological polar surface area (TPSA) is 101 Å². The highest BCUT2D eigenvalue weighted by molar-refractivity contribution is 7.89. The molecule has 1 aromatic carbocycles. The molecule has 1 saturated carbocycles. The standard InChI is InChI=1S/C12H17N3O3S/c1-2-14-19(17,18)10-5-3-9(4-6-10)15-11(16)12(13)7-8-12/h3-6,14H,2,7-8,13H2,1H3,(H,15,16). The van der Waals surface area contributed by atoms with Crippen molar-refractivity contribution in [2.45, 2.75) is 30.2 Å². The zero-order valence-corrected chi connectivity index (χ0v) is 11.5. The molecule has 0 aromatic heterocycles. The Kier molecular flexibility index (Phi) is 3.62. The van der Waals surface area contributed by atoms with Crippen LogP contribution in [0.15, 0.2) is 29.2 Å². The van der Waals surface area contributed by atoms with E-state index >= 15 is 0 Å². The summed E-state index contributed by atoms with van der Waals surface area (Å²) in [6.45, 7) is 2.04. The molecule has 6 nitrogen and oxygen atoms in total. The first-order valence-corrected chi connectivity index (χ1v) is 7.56. The number of anilines is 1. The van der Waals surface area contributed by atoms with Crippen LogP contribution in [0.3, 0.4) is 0 Å². The fraction of sp³-hybridized carbons (Fsp3) is 0.417. The van der Waals surface area contributed by atoms with Crippen molar-refractivity contribution in [3.8, 4) is 0 Å². The van der Waals surface area contributed by atoms with Crippen LogP contribution in [0.25, 0.3) is 0 Å². The Morgan fingerprint density at radius 2 is 1.89 bits per heavy atom. The quantitative estimate of drug-likeness (QED) is 0.728. The average Bonchev–Trinajstić information content (AvgIpc) is 3.09. The minimum atomic E-state index is -3.46. The van der Waals surface area contributed by atoms with E-state index in [-0.39, 0.29) is 10.8 Å². The second-order valence-electron chi connectivity index (χ2n) is 4.64. The molecule has 0 aliphatic heterocycles. The highest BCUT2D eigenvalue weighted by Gasteiger charge is 2.45. The van der Waals surface area contributed by atoms with Gasteiger partial charge in [-0.1, -0.05) is 6.92 Å². The minimum Gasteiger partial charge on any atom is -0.324 e. The van der Waals surface area contributed by atoms with Crippen LogP contribution in [0, 0.1) is 0 Å². The van der Waals surface area contributed by atoms with Crippen LogP contribution in [-0.4, -0.2) is 26.4 Å². The lowest BCUT2D eigenvalue weighted by molar-refractivity contribution is -0.118. The fourth-order valence-electron chi connectivity index (χ4n) is 1.61. The van der Waals surface area contributed by atoms with Gasteiger partial charge in [-0.25, -0.2) is 13.1 Å². The molecule has 0 bridgehead atoms. The van der Waals surface area contributed by atoms with Crippen LogP contribution in [-0.2, 0) is 14.8 Å². The van der Waals surface area contributed by atoms with Gasteiger partial charge in [-0.2, -0.15) is 0 Å². The summed E-state index contributed by atoms with van der Waals surface area (Å²) in [7, 11) is -3.46. The van der Waals surface area contributed by atoms with E-state index in [2.05, 4.69) is 10.0 Å². The molecule has 1 aliphatic carbocycles. The van der Waals surface area contributed by atoms with Crippen LogP contribution in [0.2, 0.25) is 0 Å². The molecule has 4 N–H and O–H groups in total. The summed E-state index contributed by atoms with van der Waals surface area (Å²) in [6.07, 6.45) is 1.37. The largest absolute Gasteiger partial charge is 0.324 e. The molecule has 1 aromatic rings. The smallest absolute Gasteiger partial charge is 0.244 e. The predicted octanol–water partition coefficient (Wildman–Crippen LogP) is 0.415. The van der Waals surface area contributed by atoms with Gasteiger partial charge in [0.05, 0.1) is 10.4 Å². The van der Waals surface area contributed by atoms with Crippen LogP contribution in [0.5, 0.6) is 0 Å². The number of hydrogen-bond donors (Lipinski definition) is 3. The highest BCUT2D eigenvalue weighted by atomic mass is 32.2. The third-order valence-electron chi connectivity index (χ3n) is 3.00. The van der Waals surface area contributed by atoms with Crippen molar-refractivity contribution >= 4 is 21.6 Å². The number of sulfonamides is 1. The number of nitrogens with one attached hydrogen (secondary N) is 2. The van der Waals surface area contributed by atoms with Crippen molar-refractivity contribution in [2.75, 3.05) is 11.9 Å². The molecule has 0 saturated heterocycles. The average molecular weight is 283 g/mol. The lowest BCUT2D eigenvalue weighted by Crippen LogP contribution is -2.37. The summed E-state index contributed by atoms with van der Waals surface area (Å²) >= 11 is 0.